The highest BCUT2D eigenvalue weighted by molar-refractivity contribution is 5.86. The van der Waals surface area contributed by atoms with Crippen molar-refractivity contribution in [3.05, 3.63) is 111 Å². The highest BCUT2D eigenvalue weighted by atomic mass is 19.2. The number of halogens is 2. The number of aromatic nitrogens is 1. The van der Waals surface area contributed by atoms with E-state index in [0.717, 1.165) is 24.1 Å². The van der Waals surface area contributed by atoms with Gasteiger partial charge in [-0.15, -0.1) is 0 Å². The molecule has 5 rings (SSSR count). The Bertz CT molecular complexity index is 1350. The summed E-state index contributed by atoms with van der Waals surface area (Å²) >= 11 is 0. The van der Waals surface area contributed by atoms with Gasteiger partial charge in [0.15, 0.2) is 11.6 Å². The Morgan fingerprint density at radius 2 is 1.81 bits per heavy atom. The van der Waals surface area contributed by atoms with Crippen LogP contribution in [0.2, 0.25) is 0 Å². The summed E-state index contributed by atoms with van der Waals surface area (Å²) in [5, 5.41) is 11.3. The van der Waals surface area contributed by atoms with Crippen molar-refractivity contribution in [1.82, 2.24) is 4.57 Å². The Hall–Kier alpha value is -3.47. The van der Waals surface area contributed by atoms with Gasteiger partial charge in [-0.1, -0.05) is 61.6 Å². The number of rotatable bonds is 3. The summed E-state index contributed by atoms with van der Waals surface area (Å²) in [7, 11) is 0. The van der Waals surface area contributed by atoms with E-state index in [1.165, 1.54) is 0 Å². The van der Waals surface area contributed by atoms with Gasteiger partial charge in [0.2, 0.25) is 5.43 Å². The van der Waals surface area contributed by atoms with E-state index < -0.39 is 17.1 Å². The van der Waals surface area contributed by atoms with Gasteiger partial charge in [-0.25, -0.2) is 8.78 Å². The molecule has 1 aromatic heterocycles. The van der Waals surface area contributed by atoms with Crippen molar-refractivity contribution in [2.24, 2.45) is 5.92 Å². The standard InChI is InChI=1S/C26H21F2NO2/c1-2-12-29-21-14-20(28)19(27)13-18(21)26(31)23-24(29)22(15-8-4-3-5-9-15)16-10-6-7-11-17(16)25(23)30/h3-11,13-14,16,22,30H,2,12H2,1H3/t16-,22-/m1/s1. The average Bonchev–Trinajstić information content (AvgIpc) is 2.78. The average molecular weight is 417 g/mol. The van der Waals surface area contributed by atoms with Gasteiger partial charge in [-0.05, 0) is 18.1 Å². The summed E-state index contributed by atoms with van der Waals surface area (Å²) in [6, 6.07) is 11.8. The Kier molecular flexibility index (Phi) is 4.62. The van der Waals surface area contributed by atoms with Gasteiger partial charge in [0, 0.05) is 41.1 Å². The van der Waals surface area contributed by atoms with E-state index in [2.05, 4.69) is 0 Å². The fourth-order valence-electron chi connectivity index (χ4n) is 4.90. The molecule has 0 saturated carbocycles. The van der Waals surface area contributed by atoms with Gasteiger partial charge < -0.3 is 9.67 Å². The van der Waals surface area contributed by atoms with Crippen LogP contribution < -0.4 is 5.43 Å². The van der Waals surface area contributed by atoms with Crippen molar-refractivity contribution in [2.45, 2.75) is 25.8 Å². The third-order valence-corrected chi connectivity index (χ3v) is 6.18. The van der Waals surface area contributed by atoms with E-state index in [1.807, 2.05) is 66.1 Å². The zero-order chi connectivity index (χ0) is 21.7. The number of benzene rings is 2. The summed E-state index contributed by atoms with van der Waals surface area (Å²) in [6.07, 6.45) is 8.32. The van der Waals surface area contributed by atoms with E-state index in [0.29, 0.717) is 23.3 Å². The molecule has 0 spiro atoms. The molecule has 156 valence electrons. The summed E-state index contributed by atoms with van der Waals surface area (Å²) in [4.78, 5) is 13.5. The molecule has 0 radical (unpaired) electrons. The highest BCUT2D eigenvalue weighted by Crippen LogP contribution is 2.47. The molecule has 2 aromatic carbocycles. The van der Waals surface area contributed by atoms with Crippen LogP contribution in [0.4, 0.5) is 8.78 Å². The lowest BCUT2D eigenvalue weighted by atomic mass is 9.71. The maximum absolute atomic E-state index is 14.2. The van der Waals surface area contributed by atoms with Crippen LogP contribution in [0.3, 0.4) is 0 Å². The second-order valence-corrected chi connectivity index (χ2v) is 7.99. The van der Waals surface area contributed by atoms with Crippen LogP contribution in [0.1, 0.15) is 36.1 Å². The van der Waals surface area contributed by atoms with Crippen molar-refractivity contribution in [2.75, 3.05) is 0 Å². The van der Waals surface area contributed by atoms with Crippen molar-refractivity contribution < 1.29 is 13.9 Å². The van der Waals surface area contributed by atoms with Crippen LogP contribution in [0.5, 0.6) is 0 Å². The van der Waals surface area contributed by atoms with Crippen LogP contribution in [-0.4, -0.2) is 9.67 Å². The lowest BCUT2D eigenvalue weighted by molar-refractivity contribution is 0.471. The normalized spacial score (nSPS) is 19.6. The summed E-state index contributed by atoms with van der Waals surface area (Å²) < 4.78 is 30.2. The molecular formula is C26H21F2NO2. The van der Waals surface area contributed by atoms with Crippen LogP contribution in [-0.2, 0) is 6.54 Å². The number of aliphatic hydroxyl groups is 1. The molecule has 2 aliphatic rings. The third-order valence-electron chi connectivity index (χ3n) is 6.18. The molecule has 3 aromatic rings. The van der Waals surface area contributed by atoms with Crippen LogP contribution in [0.15, 0.2) is 77.1 Å². The first kappa shape index (κ1) is 19.5. The quantitative estimate of drug-likeness (QED) is 0.581. The Morgan fingerprint density at radius 3 is 2.55 bits per heavy atom. The molecule has 0 saturated heterocycles. The summed E-state index contributed by atoms with van der Waals surface area (Å²) in [5.41, 5.74) is 2.33. The van der Waals surface area contributed by atoms with Gasteiger partial charge in [0.25, 0.3) is 0 Å². The first-order chi connectivity index (χ1) is 15.0. The summed E-state index contributed by atoms with van der Waals surface area (Å²) in [5.74, 6) is -2.59. The fourth-order valence-corrected chi connectivity index (χ4v) is 4.90. The maximum Gasteiger partial charge on any atom is 0.200 e. The molecule has 0 fully saturated rings. The van der Waals surface area contributed by atoms with Crippen LogP contribution in [0.25, 0.3) is 16.7 Å². The van der Waals surface area contributed by atoms with Crippen molar-refractivity contribution in [3.8, 4) is 0 Å². The first-order valence-corrected chi connectivity index (χ1v) is 10.4. The fraction of sp³-hybridized carbons (Fsp3) is 0.192. The molecular weight excluding hydrogens is 396 g/mol. The zero-order valence-electron chi connectivity index (χ0n) is 17.0. The monoisotopic (exact) mass is 417 g/mol. The molecule has 2 atom stereocenters. The lowest BCUT2D eigenvalue weighted by Crippen LogP contribution is -2.31. The Labute approximate surface area is 178 Å². The first-order valence-electron chi connectivity index (χ1n) is 10.4. The minimum absolute atomic E-state index is 0.0684. The number of aryl methyl sites for hydroxylation is 1. The van der Waals surface area contributed by atoms with Crippen LogP contribution in [0, 0.1) is 17.6 Å². The Morgan fingerprint density at radius 1 is 1.06 bits per heavy atom. The minimum atomic E-state index is -1.08. The predicted octanol–water partition coefficient (Wildman–Crippen LogP) is 5.85. The molecule has 0 unspecified atom stereocenters. The second-order valence-electron chi connectivity index (χ2n) is 7.99. The highest BCUT2D eigenvalue weighted by Gasteiger charge is 2.39. The number of hydrogen-bond acceptors (Lipinski definition) is 2. The smallest absolute Gasteiger partial charge is 0.200 e. The molecule has 0 bridgehead atoms. The van der Waals surface area contributed by atoms with Crippen molar-refractivity contribution in [1.29, 1.82) is 0 Å². The largest absolute Gasteiger partial charge is 0.507 e. The summed E-state index contributed by atoms with van der Waals surface area (Å²) in [6.45, 7) is 2.49. The molecule has 0 aliphatic heterocycles. The minimum Gasteiger partial charge on any atom is -0.507 e. The molecule has 1 N–H and O–H groups in total. The Balaban J connectivity index is 1.98. The molecule has 5 heteroatoms. The van der Waals surface area contributed by atoms with E-state index >= 15 is 0 Å². The second kappa shape index (κ2) is 7.34. The SMILES string of the molecule is CCCn1c2c(c(=O)c3cc(F)c(F)cc31)C(O)=C1C=CC=C[C@H]1[C@H]2c1ccccc1. The van der Waals surface area contributed by atoms with Gasteiger partial charge in [0.1, 0.15) is 5.76 Å². The van der Waals surface area contributed by atoms with Crippen molar-refractivity contribution >= 4 is 16.7 Å². The number of fused-ring (bicyclic) bond motifs is 3. The van der Waals surface area contributed by atoms with E-state index in [9.17, 15) is 18.7 Å². The number of hydrogen-bond donors (Lipinski definition) is 1. The number of pyridine rings is 1. The number of nitrogens with zero attached hydrogens (tertiary/aromatic N) is 1. The molecule has 2 aliphatic carbocycles. The van der Waals surface area contributed by atoms with Gasteiger partial charge in [0.05, 0.1) is 11.1 Å². The lowest BCUT2D eigenvalue weighted by Gasteiger charge is -2.36. The molecule has 31 heavy (non-hydrogen) atoms. The maximum atomic E-state index is 14.2. The van der Waals surface area contributed by atoms with Gasteiger partial charge >= 0.3 is 0 Å². The van der Waals surface area contributed by atoms with E-state index in [4.69, 9.17) is 0 Å². The molecule has 3 nitrogen and oxygen atoms in total. The van der Waals surface area contributed by atoms with E-state index in [-0.39, 0.29) is 28.5 Å². The third kappa shape index (κ3) is 2.87. The number of aliphatic hydroxyl groups excluding tert-OH is 1. The zero-order valence-corrected chi connectivity index (χ0v) is 17.0. The van der Waals surface area contributed by atoms with Gasteiger partial charge in [-0.3, -0.25) is 4.79 Å². The molecule has 0 amide bonds. The van der Waals surface area contributed by atoms with Crippen LogP contribution >= 0.6 is 0 Å². The predicted molar refractivity (Wildman–Crippen MR) is 118 cm³/mol. The van der Waals surface area contributed by atoms with E-state index in [1.54, 1.807) is 0 Å². The number of allylic oxidation sites excluding steroid dienone is 5. The van der Waals surface area contributed by atoms with Crippen molar-refractivity contribution in [3.63, 3.8) is 0 Å². The topological polar surface area (TPSA) is 42.2 Å². The molecule has 1 heterocycles. The van der Waals surface area contributed by atoms with Gasteiger partial charge in [-0.2, -0.15) is 0 Å².